The van der Waals surface area contributed by atoms with E-state index in [2.05, 4.69) is 10.3 Å². The Hall–Kier alpha value is -1.98. The molecule has 0 aliphatic carbocycles. The number of rotatable bonds is 4. The number of hydrogen-bond donors (Lipinski definition) is 1. The van der Waals surface area contributed by atoms with Gasteiger partial charge in [-0.2, -0.15) is 0 Å². The highest BCUT2D eigenvalue weighted by atomic mass is 35.5. The molecule has 2 aromatic rings. The summed E-state index contributed by atoms with van der Waals surface area (Å²) in [7, 11) is 0. The number of carbonyl (C=O) groups is 1. The summed E-state index contributed by atoms with van der Waals surface area (Å²) in [5, 5.41) is 3.14. The van der Waals surface area contributed by atoms with Gasteiger partial charge in [0.2, 0.25) is 0 Å². The van der Waals surface area contributed by atoms with Crippen LogP contribution >= 0.6 is 11.6 Å². The molecule has 1 atom stereocenters. The normalized spacial score (nSPS) is 16.6. The monoisotopic (exact) mass is 348 g/mol. The molecule has 0 spiro atoms. The molecule has 1 N–H and O–H groups in total. The van der Waals surface area contributed by atoms with Crippen molar-refractivity contribution in [3.8, 4) is 0 Å². The molecule has 0 bridgehead atoms. The van der Waals surface area contributed by atoms with Crippen molar-refractivity contribution in [1.29, 1.82) is 0 Å². The summed E-state index contributed by atoms with van der Waals surface area (Å²) in [5.41, 5.74) is 1.20. The Morgan fingerprint density at radius 1 is 1.33 bits per heavy atom. The Labute approximate surface area is 145 Å². The Kier molecular flexibility index (Phi) is 5.43. The van der Waals surface area contributed by atoms with Crippen LogP contribution in [0.4, 0.5) is 4.39 Å². The van der Waals surface area contributed by atoms with Gasteiger partial charge in [0.25, 0.3) is 5.91 Å². The lowest BCUT2D eigenvalue weighted by Gasteiger charge is -2.31. The number of carbonyl (C=O) groups excluding carboxylic acids is 1. The van der Waals surface area contributed by atoms with E-state index in [9.17, 15) is 9.18 Å². The summed E-state index contributed by atoms with van der Waals surface area (Å²) in [4.78, 5) is 16.8. The van der Waals surface area contributed by atoms with Crippen molar-refractivity contribution in [2.75, 3.05) is 13.2 Å². The molecular weight excluding hydrogens is 331 g/mol. The zero-order valence-corrected chi connectivity index (χ0v) is 13.8. The summed E-state index contributed by atoms with van der Waals surface area (Å²) < 4.78 is 18.6. The third-order valence-electron chi connectivity index (χ3n) is 4.24. The number of pyridine rings is 1. The molecule has 1 amide bonds. The van der Waals surface area contributed by atoms with Crippen molar-refractivity contribution < 1.29 is 13.9 Å². The van der Waals surface area contributed by atoms with Crippen LogP contribution in [0.3, 0.4) is 0 Å². The number of nitrogens with zero attached hydrogens (tertiary/aromatic N) is 1. The van der Waals surface area contributed by atoms with Crippen molar-refractivity contribution >= 4 is 17.5 Å². The van der Waals surface area contributed by atoms with Gasteiger partial charge in [-0.1, -0.05) is 17.7 Å². The maximum absolute atomic E-state index is 13.2. The minimum Gasteiger partial charge on any atom is -0.381 e. The first-order valence-electron chi connectivity index (χ1n) is 7.89. The topological polar surface area (TPSA) is 51.2 Å². The smallest absolute Gasteiger partial charge is 0.253 e. The summed E-state index contributed by atoms with van der Waals surface area (Å²) in [6.45, 7) is 1.35. The van der Waals surface area contributed by atoms with Crippen LogP contribution in [0.25, 0.3) is 0 Å². The van der Waals surface area contributed by atoms with Gasteiger partial charge in [0.05, 0.1) is 16.6 Å². The van der Waals surface area contributed by atoms with Crippen LogP contribution in [0.5, 0.6) is 0 Å². The van der Waals surface area contributed by atoms with Crippen molar-refractivity contribution in [3.63, 3.8) is 0 Å². The van der Waals surface area contributed by atoms with Crippen LogP contribution in [0.1, 0.15) is 34.8 Å². The lowest BCUT2D eigenvalue weighted by Crippen LogP contribution is -2.36. The third kappa shape index (κ3) is 3.91. The second kappa shape index (κ2) is 7.73. The average molecular weight is 349 g/mol. The van der Waals surface area contributed by atoms with Gasteiger partial charge < -0.3 is 10.1 Å². The maximum atomic E-state index is 13.2. The fourth-order valence-corrected chi connectivity index (χ4v) is 3.23. The highest BCUT2D eigenvalue weighted by Crippen LogP contribution is 2.30. The van der Waals surface area contributed by atoms with Crippen LogP contribution in [0, 0.1) is 11.7 Å². The van der Waals surface area contributed by atoms with Crippen LogP contribution in [0.2, 0.25) is 5.02 Å². The van der Waals surface area contributed by atoms with Crippen molar-refractivity contribution in [1.82, 2.24) is 10.3 Å². The van der Waals surface area contributed by atoms with E-state index in [1.54, 1.807) is 12.4 Å². The predicted molar refractivity (Wildman–Crippen MR) is 89.4 cm³/mol. The predicted octanol–water partition coefficient (Wildman–Crippen LogP) is 3.77. The molecule has 3 rings (SSSR count). The van der Waals surface area contributed by atoms with Gasteiger partial charge in [-0.3, -0.25) is 9.78 Å². The summed E-state index contributed by atoms with van der Waals surface area (Å²) >= 11 is 6.01. The van der Waals surface area contributed by atoms with E-state index in [0.717, 1.165) is 24.5 Å². The van der Waals surface area contributed by atoms with E-state index in [1.807, 2.05) is 12.1 Å². The number of amides is 1. The molecule has 0 saturated carbocycles. The molecule has 1 aliphatic heterocycles. The molecule has 6 heteroatoms. The Balaban J connectivity index is 1.84. The summed E-state index contributed by atoms with van der Waals surface area (Å²) in [6, 6.07) is 7.38. The molecule has 0 unspecified atom stereocenters. The molecule has 1 aromatic carbocycles. The highest BCUT2D eigenvalue weighted by molar-refractivity contribution is 6.33. The number of benzene rings is 1. The van der Waals surface area contributed by atoms with E-state index in [1.165, 1.54) is 12.1 Å². The molecule has 0 radical (unpaired) electrons. The summed E-state index contributed by atoms with van der Waals surface area (Å²) in [5.74, 6) is -0.531. The fraction of sp³-hybridized carbons (Fsp3) is 0.333. The third-order valence-corrected chi connectivity index (χ3v) is 4.56. The van der Waals surface area contributed by atoms with Crippen LogP contribution in [-0.2, 0) is 4.74 Å². The molecule has 1 saturated heterocycles. The standard InChI is InChI=1S/C18H18ClFN2O2/c19-16-10-14(20)3-4-15(16)18(23)22-17(12-5-8-24-9-6-12)13-2-1-7-21-11-13/h1-4,7,10-12,17H,5-6,8-9H2,(H,22,23)/t17-/m0/s1. The van der Waals surface area contributed by atoms with E-state index < -0.39 is 5.82 Å². The Morgan fingerprint density at radius 2 is 2.12 bits per heavy atom. The molecular formula is C18H18ClFN2O2. The zero-order valence-electron chi connectivity index (χ0n) is 13.0. The largest absolute Gasteiger partial charge is 0.381 e. The minimum atomic E-state index is -0.468. The van der Waals surface area contributed by atoms with Gasteiger partial charge in [-0.05, 0) is 48.6 Å². The van der Waals surface area contributed by atoms with Gasteiger partial charge in [0.15, 0.2) is 0 Å². The SMILES string of the molecule is O=C(N[C@H](c1cccnc1)C1CCOCC1)c1ccc(F)cc1Cl. The number of hydrogen-bond acceptors (Lipinski definition) is 3. The van der Waals surface area contributed by atoms with Gasteiger partial charge in [-0.25, -0.2) is 4.39 Å². The second-order valence-electron chi connectivity index (χ2n) is 5.81. The van der Waals surface area contributed by atoms with Crippen molar-refractivity contribution in [2.45, 2.75) is 18.9 Å². The van der Waals surface area contributed by atoms with E-state index in [-0.39, 0.29) is 28.5 Å². The van der Waals surface area contributed by atoms with Gasteiger partial charge in [0, 0.05) is 25.6 Å². The molecule has 126 valence electrons. The zero-order chi connectivity index (χ0) is 16.9. The van der Waals surface area contributed by atoms with E-state index in [0.29, 0.717) is 13.2 Å². The average Bonchev–Trinajstić information content (AvgIpc) is 2.61. The van der Waals surface area contributed by atoms with Gasteiger partial charge in [-0.15, -0.1) is 0 Å². The molecule has 1 aliphatic rings. The molecule has 24 heavy (non-hydrogen) atoms. The fourth-order valence-electron chi connectivity index (χ4n) is 2.98. The molecule has 4 nitrogen and oxygen atoms in total. The van der Waals surface area contributed by atoms with E-state index >= 15 is 0 Å². The van der Waals surface area contributed by atoms with Gasteiger partial charge in [0.1, 0.15) is 5.82 Å². The van der Waals surface area contributed by atoms with Crippen LogP contribution in [0.15, 0.2) is 42.7 Å². The first-order valence-corrected chi connectivity index (χ1v) is 8.26. The number of aromatic nitrogens is 1. The van der Waals surface area contributed by atoms with Gasteiger partial charge >= 0.3 is 0 Å². The first kappa shape index (κ1) is 16.9. The Bertz CT molecular complexity index is 705. The number of nitrogens with one attached hydrogen (secondary N) is 1. The number of halogens is 2. The quantitative estimate of drug-likeness (QED) is 0.915. The summed E-state index contributed by atoms with van der Waals surface area (Å²) in [6.07, 6.45) is 5.17. The lowest BCUT2D eigenvalue weighted by atomic mass is 9.87. The molecule has 1 aromatic heterocycles. The van der Waals surface area contributed by atoms with Crippen molar-refractivity contribution in [2.24, 2.45) is 5.92 Å². The van der Waals surface area contributed by atoms with E-state index in [4.69, 9.17) is 16.3 Å². The van der Waals surface area contributed by atoms with Crippen molar-refractivity contribution in [3.05, 3.63) is 64.7 Å². The first-order chi connectivity index (χ1) is 11.6. The number of ether oxygens (including phenoxy) is 1. The van der Waals surface area contributed by atoms with Crippen LogP contribution in [-0.4, -0.2) is 24.1 Å². The second-order valence-corrected chi connectivity index (χ2v) is 6.22. The minimum absolute atomic E-state index is 0.101. The van der Waals surface area contributed by atoms with Crippen LogP contribution < -0.4 is 5.32 Å². The maximum Gasteiger partial charge on any atom is 0.253 e. The molecule has 1 fully saturated rings. The lowest BCUT2D eigenvalue weighted by molar-refractivity contribution is 0.0513. The Morgan fingerprint density at radius 3 is 2.79 bits per heavy atom. The molecule has 2 heterocycles. The highest BCUT2D eigenvalue weighted by Gasteiger charge is 2.28.